The van der Waals surface area contributed by atoms with Crippen LogP contribution in [0.25, 0.3) is 0 Å². The predicted octanol–water partition coefficient (Wildman–Crippen LogP) is 5.80. The summed E-state index contributed by atoms with van der Waals surface area (Å²) in [6.45, 7) is 22.5. The number of carbonyl (C=O) groups is 1. The van der Waals surface area contributed by atoms with Gasteiger partial charge in [-0.15, -0.1) is 6.58 Å². The lowest BCUT2D eigenvalue weighted by atomic mass is 10.00. The Hall–Kier alpha value is -1.43. The molecule has 30 heavy (non-hydrogen) atoms. The highest BCUT2D eigenvalue weighted by Gasteiger charge is 2.46. The van der Waals surface area contributed by atoms with Crippen LogP contribution in [-0.2, 0) is 20.5 Å². The predicted molar refractivity (Wildman–Crippen MR) is 127 cm³/mol. The smallest absolute Gasteiger partial charge is 0.323 e. The number of esters is 1. The summed E-state index contributed by atoms with van der Waals surface area (Å²) in [7, 11) is -1.87. The minimum absolute atomic E-state index is 0.0764. The molecule has 0 radical (unpaired) electrons. The number of hydrogen-bond donors (Lipinski definition) is 0. The first-order valence-corrected chi connectivity index (χ1v) is 13.9. The van der Waals surface area contributed by atoms with Gasteiger partial charge in [-0.05, 0) is 50.9 Å². The molecular weight excluding hydrogens is 390 g/mol. The largest absolute Gasteiger partial charge is 0.459 e. The second kappa shape index (κ2) is 9.37. The summed E-state index contributed by atoms with van der Waals surface area (Å²) in [5, 5.41) is 0.156. The highest BCUT2D eigenvalue weighted by Crippen LogP contribution is 2.39. The molecule has 1 saturated heterocycles. The van der Waals surface area contributed by atoms with E-state index in [1.165, 1.54) is 5.56 Å². The molecule has 1 fully saturated rings. The maximum atomic E-state index is 13.1. The second-order valence-electron chi connectivity index (χ2n) is 11.0. The molecule has 1 heterocycles. The van der Waals surface area contributed by atoms with Gasteiger partial charge in [-0.1, -0.05) is 57.2 Å². The van der Waals surface area contributed by atoms with Gasteiger partial charge in [0, 0.05) is 25.1 Å². The summed E-state index contributed by atoms with van der Waals surface area (Å²) >= 11 is 0. The van der Waals surface area contributed by atoms with Crippen LogP contribution in [-0.4, -0.2) is 43.5 Å². The third kappa shape index (κ3) is 6.28. The maximum Gasteiger partial charge on any atom is 0.323 e. The lowest BCUT2D eigenvalue weighted by Crippen LogP contribution is -2.44. The van der Waals surface area contributed by atoms with Crippen LogP contribution in [0.3, 0.4) is 0 Å². The Kier molecular flexibility index (Phi) is 7.76. The standard InChI is InChI=1S/C25H41NO3Si/c1-10-21-20(18-28-30(8,9)25(5,6)7)16-22(23(27)29-24(2,3)4)26(21)17-19-14-12-11-13-15-19/h10-15,20-22H,1,16-18H2,2-9H3/t20-,21+,22+/m0/s1. The van der Waals surface area contributed by atoms with E-state index in [1.54, 1.807) is 0 Å². The van der Waals surface area contributed by atoms with Gasteiger partial charge in [0.2, 0.25) is 0 Å². The van der Waals surface area contributed by atoms with E-state index in [2.05, 4.69) is 57.5 Å². The number of hydrogen-bond acceptors (Lipinski definition) is 4. The summed E-state index contributed by atoms with van der Waals surface area (Å²) in [5.41, 5.74) is 0.679. The molecule has 5 heteroatoms. The molecule has 0 N–H and O–H groups in total. The SMILES string of the molecule is C=C[C@@H]1[C@H](CO[Si](C)(C)C(C)(C)C)C[C@H](C(=O)OC(C)(C)C)N1Cc1ccccc1. The fraction of sp³-hybridized carbons (Fsp3) is 0.640. The Morgan fingerprint density at radius 2 is 1.77 bits per heavy atom. The summed E-state index contributed by atoms with van der Waals surface area (Å²) in [6.07, 6.45) is 2.71. The topological polar surface area (TPSA) is 38.8 Å². The molecule has 0 bridgehead atoms. The molecule has 0 unspecified atom stereocenters. The van der Waals surface area contributed by atoms with Crippen molar-refractivity contribution in [3.8, 4) is 0 Å². The number of carbonyl (C=O) groups excluding carboxylic acids is 1. The van der Waals surface area contributed by atoms with Crippen LogP contribution in [0.5, 0.6) is 0 Å². The Morgan fingerprint density at radius 1 is 1.17 bits per heavy atom. The zero-order valence-corrected chi connectivity index (χ0v) is 21.2. The number of likely N-dealkylation sites (tertiary alicyclic amines) is 1. The summed E-state index contributed by atoms with van der Waals surface area (Å²) in [5.74, 6) is 0.0676. The molecule has 0 saturated carbocycles. The van der Waals surface area contributed by atoms with Crippen molar-refractivity contribution in [2.45, 2.75) is 90.3 Å². The van der Waals surface area contributed by atoms with E-state index in [9.17, 15) is 4.79 Å². The van der Waals surface area contributed by atoms with Crippen LogP contribution in [0.15, 0.2) is 43.0 Å². The zero-order valence-electron chi connectivity index (χ0n) is 20.2. The van der Waals surface area contributed by atoms with Crippen LogP contribution >= 0.6 is 0 Å². The van der Waals surface area contributed by atoms with Crippen molar-refractivity contribution in [1.82, 2.24) is 4.90 Å². The normalized spacial score (nSPS) is 23.4. The number of nitrogens with zero attached hydrogens (tertiary/aromatic N) is 1. The molecule has 1 aromatic rings. The monoisotopic (exact) mass is 431 g/mol. The molecule has 1 aliphatic heterocycles. The fourth-order valence-corrected chi connectivity index (χ4v) is 4.74. The van der Waals surface area contributed by atoms with Gasteiger partial charge >= 0.3 is 5.97 Å². The summed E-state index contributed by atoms with van der Waals surface area (Å²) in [4.78, 5) is 15.3. The van der Waals surface area contributed by atoms with E-state index in [-0.39, 0.29) is 29.0 Å². The van der Waals surface area contributed by atoms with Crippen molar-refractivity contribution in [3.63, 3.8) is 0 Å². The van der Waals surface area contributed by atoms with Gasteiger partial charge in [-0.25, -0.2) is 0 Å². The van der Waals surface area contributed by atoms with E-state index in [0.717, 1.165) is 6.42 Å². The van der Waals surface area contributed by atoms with E-state index in [4.69, 9.17) is 9.16 Å². The maximum absolute atomic E-state index is 13.1. The van der Waals surface area contributed by atoms with Gasteiger partial charge in [-0.3, -0.25) is 9.69 Å². The third-order valence-corrected chi connectivity index (χ3v) is 10.9. The number of ether oxygens (including phenoxy) is 1. The van der Waals surface area contributed by atoms with Crippen molar-refractivity contribution in [3.05, 3.63) is 48.6 Å². The van der Waals surface area contributed by atoms with Gasteiger partial charge < -0.3 is 9.16 Å². The average Bonchev–Trinajstić information content (AvgIpc) is 2.96. The van der Waals surface area contributed by atoms with Crippen LogP contribution in [0.2, 0.25) is 18.1 Å². The number of rotatable bonds is 7. The lowest BCUT2D eigenvalue weighted by molar-refractivity contribution is -0.160. The summed E-state index contributed by atoms with van der Waals surface area (Å²) < 4.78 is 12.3. The van der Waals surface area contributed by atoms with Gasteiger partial charge in [0.05, 0.1) is 0 Å². The fourth-order valence-electron chi connectivity index (χ4n) is 3.68. The van der Waals surface area contributed by atoms with Crippen molar-refractivity contribution in [2.75, 3.05) is 6.61 Å². The van der Waals surface area contributed by atoms with E-state index in [0.29, 0.717) is 13.2 Å². The molecule has 1 aliphatic rings. The summed E-state index contributed by atoms with van der Waals surface area (Å²) in [6, 6.07) is 10.1. The molecule has 3 atom stereocenters. The minimum Gasteiger partial charge on any atom is -0.459 e. The molecule has 4 nitrogen and oxygen atoms in total. The van der Waals surface area contributed by atoms with Crippen LogP contribution in [0.1, 0.15) is 53.5 Å². The number of benzene rings is 1. The Balaban J connectivity index is 2.25. The molecule has 0 aliphatic carbocycles. The first-order valence-electron chi connectivity index (χ1n) is 11.0. The van der Waals surface area contributed by atoms with E-state index < -0.39 is 13.9 Å². The van der Waals surface area contributed by atoms with Crippen molar-refractivity contribution < 1.29 is 14.0 Å². The quantitative estimate of drug-likeness (QED) is 0.311. The average molecular weight is 432 g/mol. The molecule has 0 aromatic heterocycles. The molecule has 0 amide bonds. The third-order valence-electron chi connectivity index (χ3n) is 6.39. The van der Waals surface area contributed by atoms with Crippen molar-refractivity contribution in [2.24, 2.45) is 5.92 Å². The highest BCUT2D eigenvalue weighted by molar-refractivity contribution is 6.74. The Morgan fingerprint density at radius 3 is 2.27 bits per heavy atom. The van der Waals surface area contributed by atoms with Gasteiger partial charge in [0.15, 0.2) is 8.32 Å². The highest BCUT2D eigenvalue weighted by atomic mass is 28.4. The molecule has 1 aromatic carbocycles. The molecule has 2 rings (SSSR count). The van der Waals surface area contributed by atoms with E-state index in [1.807, 2.05) is 45.0 Å². The lowest BCUT2D eigenvalue weighted by Gasteiger charge is -2.37. The van der Waals surface area contributed by atoms with Gasteiger partial charge in [-0.2, -0.15) is 0 Å². The van der Waals surface area contributed by atoms with E-state index >= 15 is 0 Å². The first-order chi connectivity index (χ1) is 13.7. The Bertz CT molecular complexity index is 718. The second-order valence-corrected chi connectivity index (χ2v) is 15.8. The van der Waals surface area contributed by atoms with Crippen LogP contribution in [0.4, 0.5) is 0 Å². The van der Waals surface area contributed by atoms with Crippen molar-refractivity contribution in [1.29, 1.82) is 0 Å². The van der Waals surface area contributed by atoms with Crippen LogP contribution < -0.4 is 0 Å². The Labute approximate surface area is 184 Å². The van der Waals surface area contributed by atoms with Crippen LogP contribution in [0, 0.1) is 5.92 Å². The molecule has 0 spiro atoms. The van der Waals surface area contributed by atoms with Gasteiger partial charge in [0.1, 0.15) is 11.6 Å². The molecule has 168 valence electrons. The minimum atomic E-state index is -1.87. The molecular formula is C25H41NO3Si. The van der Waals surface area contributed by atoms with Gasteiger partial charge in [0.25, 0.3) is 0 Å². The zero-order chi connectivity index (χ0) is 22.7. The van der Waals surface area contributed by atoms with Crippen molar-refractivity contribution >= 4 is 14.3 Å². The first kappa shape index (κ1) is 24.8.